The fourth-order valence-electron chi connectivity index (χ4n) is 2.43. The maximum Gasteiger partial charge on any atom is 0.179 e. The van der Waals surface area contributed by atoms with Crippen LogP contribution in [0.3, 0.4) is 0 Å². The van der Waals surface area contributed by atoms with E-state index in [-0.39, 0.29) is 0 Å². The molecule has 0 radical (unpaired) electrons. The number of nitrogens with zero attached hydrogens (tertiary/aromatic N) is 3. The summed E-state index contributed by atoms with van der Waals surface area (Å²) in [7, 11) is 0. The van der Waals surface area contributed by atoms with Crippen molar-refractivity contribution in [3.8, 4) is 0 Å². The third-order valence-electron chi connectivity index (χ3n) is 3.62. The quantitative estimate of drug-likeness (QED) is 0.551. The summed E-state index contributed by atoms with van der Waals surface area (Å²) in [6, 6.07) is 6.54. The van der Waals surface area contributed by atoms with Crippen LogP contribution >= 0.6 is 0 Å². The molecular formula is C15H16FN7. The molecule has 23 heavy (non-hydrogen) atoms. The van der Waals surface area contributed by atoms with E-state index in [9.17, 15) is 4.39 Å². The predicted molar refractivity (Wildman–Crippen MR) is 88.1 cm³/mol. The van der Waals surface area contributed by atoms with Crippen LogP contribution in [0.5, 0.6) is 0 Å². The SMILES string of the molecule is Nc1cc(F)cc(Nc2cc(NC3CC3)c3ncc(N)n3n2)c1. The van der Waals surface area contributed by atoms with Crippen LogP contribution in [0.25, 0.3) is 5.65 Å². The minimum atomic E-state index is -0.410. The molecule has 0 amide bonds. The van der Waals surface area contributed by atoms with Crippen molar-refractivity contribution in [1.29, 1.82) is 0 Å². The van der Waals surface area contributed by atoms with Gasteiger partial charge in [-0.05, 0) is 31.0 Å². The van der Waals surface area contributed by atoms with Crippen molar-refractivity contribution in [2.75, 3.05) is 22.1 Å². The second kappa shape index (κ2) is 5.01. The largest absolute Gasteiger partial charge is 0.399 e. The van der Waals surface area contributed by atoms with E-state index in [0.717, 1.165) is 18.5 Å². The highest BCUT2D eigenvalue weighted by atomic mass is 19.1. The lowest BCUT2D eigenvalue weighted by molar-refractivity contribution is 0.629. The van der Waals surface area contributed by atoms with Crippen LogP contribution in [-0.2, 0) is 0 Å². The molecule has 1 saturated carbocycles. The lowest BCUT2D eigenvalue weighted by Gasteiger charge is -2.11. The summed E-state index contributed by atoms with van der Waals surface area (Å²) in [4.78, 5) is 4.28. The fourth-order valence-corrected chi connectivity index (χ4v) is 2.43. The van der Waals surface area contributed by atoms with Crippen molar-refractivity contribution in [1.82, 2.24) is 14.6 Å². The molecule has 1 aliphatic carbocycles. The Morgan fingerprint density at radius 3 is 2.74 bits per heavy atom. The van der Waals surface area contributed by atoms with E-state index < -0.39 is 5.82 Å². The van der Waals surface area contributed by atoms with Gasteiger partial charge in [0.2, 0.25) is 0 Å². The van der Waals surface area contributed by atoms with Gasteiger partial charge in [-0.15, -0.1) is 5.10 Å². The van der Waals surface area contributed by atoms with Gasteiger partial charge in [0.25, 0.3) is 0 Å². The number of hydrogen-bond donors (Lipinski definition) is 4. The normalized spacial score (nSPS) is 14.1. The molecule has 6 N–H and O–H groups in total. The summed E-state index contributed by atoms with van der Waals surface area (Å²) < 4.78 is 15.0. The molecule has 2 aromatic heterocycles. The molecule has 2 heterocycles. The van der Waals surface area contributed by atoms with E-state index in [0.29, 0.717) is 34.7 Å². The fraction of sp³-hybridized carbons (Fsp3) is 0.200. The van der Waals surface area contributed by atoms with Gasteiger partial charge in [0.15, 0.2) is 11.5 Å². The van der Waals surface area contributed by atoms with Crippen LogP contribution < -0.4 is 22.1 Å². The molecule has 118 valence electrons. The highest BCUT2D eigenvalue weighted by Crippen LogP contribution is 2.29. The minimum Gasteiger partial charge on any atom is -0.399 e. The Morgan fingerprint density at radius 2 is 2.00 bits per heavy atom. The topological polar surface area (TPSA) is 106 Å². The second-order valence-electron chi connectivity index (χ2n) is 5.68. The Bertz CT molecular complexity index is 865. The number of rotatable bonds is 4. The van der Waals surface area contributed by atoms with E-state index in [4.69, 9.17) is 11.5 Å². The van der Waals surface area contributed by atoms with Crippen LogP contribution in [0.2, 0.25) is 0 Å². The van der Waals surface area contributed by atoms with Crippen molar-refractivity contribution < 1.29 is 4.39 Å². The monoisotopic (exact) mass is 313 g/mol. The smallest absolute Gasteiger partial charge is 0.179 e. The number of nitrogen functional groups attached to an aromatic ring is 2. The Balaban J connectivity index is 1.74. The zero-order valence-electron chi connectivity index (χ0n) is 12.3. The van der Waals surface area contributed by atoms with Crippen molar-refractivity contribution in [3.63, 3.8) is 0 Å². The maximum atomic E-state index is 13.5. The molecule has 3 aromatic rings. The molecule has 0 saturated heterocycles. The molecule has 0 unspecified atom stereocenters. The van der Waals surface area contributed by atoms with E-state index in [1.54, 1.807) is 16.8 Å². The summed E-state index contributed by atoms with van der Waals surface area (Å²) in [6.45, 7) is 0. The number of fused-ring (bicyclic) bond motifs is 1. The highest BCUT2D eigenvalue weighted by Gasteiger charge is 2.23. The van der Waals surface area contributed by atoms with Crippen LogP contribution in [-0.4, -0.2) is 20.6 Å². The van der Waals surface area contributed by atoms with Gasteiger partial charge in [-0.3, -0.25) is 0 Å². The van der Waals surface area contributed by atoms with Gasteiger partial charge in [0, 0.05) is 23.5 Å². The Hall–Kier alpha value is -3.03. The molecule has 1 fully saturated rings. The number of anilines is 5. The van der Waals surface area contributed by atoms with Crippen molar-refractivity contribution >= 4 is 34.3 Å². The van der Waals surface area contributed by atoms with Crippen molar-refractivity contribution in [2.45, 2.75) is 18.9 Å². The summed E-state index contributed by atoms with van der Waals surface area (Å²) in [6.07, 6.45) is 3.83. The first kappa shape index (κ1) is 13.6. The van der Waals surface area contributed by atoms with Gasteiger partial charge in [-0.25, -0.2) is 9.37 Å². The Kier molecular flexibility index (Phi) is 2.97. The molecule has 8 heteroatoms. The second-order valence-corrected chi connectivity index (χ2v) is 5.68. The van der Waals surface area contributed by atoms with E-state index in [1.165, 1.54) is 12.1 Å². The van der Waals surface area contributed by atoms with Gasteiger partial charge in [0.05, 0.1) is 11.9 Å². The van der Waals surface area contributed by atoms with Crippen LogP contribution in [0.4, 0.5) is 33.1 Å². The number of halogens is 1. The molecule has 1 aliphatic rings. The first-order chi connectivity index (χ1) is 11.1. The zero-order valence-corrected chi connectivity index (χ0v) is 12.3. The number of hydrogen-bond acceptors (Lipinski definition) is 6. The Labute approximate surface area is 131 Å². The zero-order chi connectivity index (χ0) is 16.0. The lowest BCUT2D eigenvalue weighted by atomic mass is 10.2. The van der Waals surface area contributed by atoms with Gasteiger partial charge >= 0.3 is 0 Å². The van der Waals surface area contributed by atoms with Gasteiger partial charge in [-0.2, -0.15) is 4.52 Å². The van der Waals surface area contributed by atoms with Crippen molar-refractivity contribution in [3.05, 3.63) is 36.3 Å². The molecule has 0 bridgehead atoms. The Morgan fingerprint density at radius 1 is 1.17 bits per heavy atom. The average Bonchev–Trinajstić information content (AvgIpc) is 3.21. The van der Waals surface area contributed by atoms with E-state index in [1.807, 2.05) is 6.07 Å². The molecule has 0 spiro atoms. The van der Waals surface area contributed by atoms with Crippen molar-refractivity contribution in [2.24, 2.45) is 0 Å². The number of nitrogens with two attached hydrogens (primary N) is 2. The molecule has 4 rings (SSSR count). The maximum absolute atomic E-state index is 13.5. The van der Waals surface area contributed by atoms with E-state index in [2.05, 4.69) is 20.7 Å². The minimum absolute atomic E-state index is 0.340. The summed E-state index contributed by atoms with van der Waals surface area (Å²) >= 11 is 0. The molecular weight excluding hydrogens is 297 g/mol. The number of benzene rings is 1. The summed E-state index contributed by atoms with van der Waals surface area (Å²) in [5.74, 6) is 0.545. The van der Waals surface area contributed by atoms with Crippen LogP contribution in [0.1, 0.15) is 12.8 Å². The third kappa shape index (κ3) is 2.70. The van der Waals surface area contributed by atoms with Gasteiger partial charge in [0.1, 0.15) is 11.6 Å². The van der Waals surface area contributed by atoms with Gasteiger partial charge < -0.3 is 22.1 Å². The number of nitrogens with one attached hydrogen (secondary N) is 2. The third-order valence-corrected chi connectivity index (χ3v) is 3.62. The predicted octanol–water partition coefficient (Wildman–Crippen LogP) is 2.35. The highest BCUT2D eigenvalue weighted by molar-refractivity contribution is 5.74. The molecule has 0 atom stereocenters. The molecule has 1 aromatic carbocycles. The molecule has 0 aliphatic heterocycles. The first-order valence-electron chi connectivity index (χ1n) is 7.32. The van der Waals surface area contributed by atoms with Gasteiger partial charge in [-0.1, -0.05) is 0 Å². The van der Waals surface area contributed by atoms with Crippen LogP contribution in [0, 0.1) is 5.82 Å². The summed E-state index contributed by atoms with van der Waals surface area (Å²) in [5.41, 5.74) is 13.9. The summed E-state index contributed by atoms with van der Waals surface area (Å²) in [5, 5.41) is 10.8. The first-order valence-corrected chi connectivity index (χ1v) is 7.32. The number of imidazole rings is 1. The average molecular weight is 313 g/mol. The molecule has 7 nitrogen and oxygen atoms in total. The number of aromatic nitrogens is 3. The lowest BCUT2D eigenvalue weighted by Crippen LogP contribution is -2.08. The van der Waals surface area contributed by atoms with Crippen LogP contribution in [0.15, 0.2) is 30.5 Å². The van der Waals surface area contributed by atoms with E-state index >= 15 is 0 Å². The standard InChI is InChI=1S/C15H16FN7/c16-8-3-9(17)5-11(4-8)21-14-6-12(20-10-1-2-10)15-19-7-13(18)23(15)22-14/h3-7,10,20H,1-2,17-18H2,(H,21,22).